The van der Waals surface area contributed by atoms with Gasteiger partial charge >= 0.3 is 5.97 Å². The zero-order valence-electron chi connectivity index (χ0n) is 6.97. The third-order valence-corrected chi connectivity index (χ3v) is 2.57. The molecular weight excluding hydrogens is 196 g/mol. The summed E-state index contributed by atoms with van der Waals surface area (Å²) >= 11 is 0.949. The second-order valence-electron chi connectivity index (χ2n) is 2.71. The summed E-state index contributed by atoms with van der Waals surface area (Å²) in [5, 5.41) is 18.1. The van der Waals surface area contributed by atoms with E-state index in [1.807, 2.05) is 0 Å². The predicted octanol–water partition coefficient (Wildman–Crippen LogP) is -1.09. The fourth-order valence-electron chi connectivity index (χ4n) is 0.963. The van der Waals surface area contributed by atoms with Gasteiger partial charge in [0.25, 0.3) is 0 Å². The molecule has 1 fully saturated rings. The maximum Gasteiger partial charge on any atom is 0.338 e. The van der Waals surface area contributed by atoms with Crippen LogP contribution in [-0.2, 0) is 14.3 Å². The number of thioether (sulfide) groups is 1. The molecule has 3 atom stereocenters. The summed E-state index contributed by atoms with van der Waals surface area (Å²) in [6.07, 6.45) is -3.48. The number of rotatable bonds is 2. The maximum absolute atomic E-state index is 10.7. The number of aliphatic hydroxyl groups is 2. The lowest BCUT2D eigenvalue weighted by atomic mass is 10.2. The van der Waals surface area contributed by atoms with Crippen molar-refractivity contribution in [3.8, 4) is 0 Å². The molecule has 6 heteroatoms. The van der Waals surface area contributed by atoms with E-state index in [1.165, 1.54) is 6.92 Å². The Hall–Kier alpha value is -0.590. The summed E-state index contributed by atoms with van der Waals surface area (Å²) in [7, 11) is 0. The molecule has 74 valence electrons. The molecule has 1 aliphatic rings. The highest BCUT2D eigenvalue weighted by molar-refractivity contribution is 8.13. The molecule has 5 nitrogen and oxygen atoms in total. The SMILES string of the molecule is CC(=O)SC[C@H]1OC(=O)[C@H](O)[C@@H]1O. The van der Waals surface area contributed by atoms with Crippen LogP contribution in [0.1, 0.15) is 6.92 Å². The van der Waals surface area contributed by atoms with Gasteiger partial charge in [-0.3, -0.25) is 4.79 Å². The lowest BCUT2D eigenvalue weighted by Gasteiger charge is -2.11. The topological polar surface area (TPSA) is 83.8 Å². The Bertz CT molecular complexity index is 229. The standard InChI is InChI=1S/C7H10O5S/c1-3(8)13-2-4-5(9)6(10)7(11)12-4/h4-6,9-10H,2H2,1H3/t4-,5-,6-/m1/s1. The van der Waals surface area contributed by atoms with Crippen molar-refractivity contribution in [2.24, 2.45) is 0 Å². The smallest absolute Gasteiger partial charge is 0.338 e. The molecule has 1 aliphatic heterocycles. The summed E-state index contributed by atoms with van der Waals surface area (Å²) in [6.45, 7) is 1.38. The number of hydrogen-bond donors (Lipinski definition) is 2. The van der Waals surface area contributed by atoms with Gasteiger partial charge in [-0.1, -0.05) is 11.8 Å². The molecule has 0 amide bonds. The molecule has 1 heterocycles. The zero-order chi connectivity index (χ0) is 10.0. The number of esters is 1. The monoisotopic (exact) mass is 206 g/mol. The van der Waals surface area contributed by atoms with Crippen LogP contribution >= 0.6 is 11.8 Å². The van der Waals surface area contributed by atoms with E-state index in [0.717, 1.165) is 11.8 Å². The van der Waals surface area contributed by atoms with Gasteiger partial charge in [0.2, 0.25) is 0 Å². The van der Waals surface area contributed by atoms with Gasteiger partial charge in [0.15, 0.2) is 11.2 Å². The Morgan fingerprint density at radius 1 is 1.62 bits per heavy atom. The van der Waals surface area contributed by atoms with E-state index in [-0.39, 0.29) is 10.9 Å². The van der Waals surface area contributed by atoms with Gasteiger partial charge in [0.05, 0.1) is 0 Å². The highest BCUT2D eigenvalue weighted by Crippen LogP contribution is 2.19. The van der Waals surface area contributed by atoms with Crippen molar-refractivity contribution in [1.29, 1.82) is 0 Å². The zero-order valence-corrected chi connectivity index (χ0v) is 7.78. The van der Waals surface area contributed by atoms with E-state index in [1.54, 1.807) is 0 Å². The van der Waals surface area contributed by atoms with Crippen LogP contribution < -0.4 is 0 Å². The minimum Gasteiger partial charge on any atom is -0.457 e. The molecule has 1 rings (SSSR count). The molecular formula is C7H10O5S. The van der Waals surface area contributed by atoms with Crippen molar-refractivity contribution >= 4 is 22.8 Å². The summed E-state index contributed by atoms with van der Waals surface area (Å²) < 4.78 is 4.62. The Labute approximate surface area is 79.1 Å². The van der Waals surface area contributed by atoms with Crippen molar-refractivity contribution in [2.45, 2.75) is 25.2 Å². The number of aliphatic hydroxyl groups excluding tert-OH is 2. The van der Waals surface area contributed by atoms with Crippen molar-refractivity contribution in [2.75, 3.05) is 5.75 Å². The Morgan fingerprint density at radius 2 is 2.23 bits per heavy atom. The lowest BCUT2D eigenvalue weighted by molar-refractivity contribution is -0.146. The van der Waals surface area contributed by atoms with Crippen molar-refractivity contribution < 1.29 is 24.5 Å². The minimum absolute atomic E-state index is 0.121. The van der Waals surface area contributed by atoms with Crippen molar-refractivity contribution in [3.05, 3.63) is 0 Å². The molecule has 0 bridgehead atoms. The minimum atomic E-state index is -1.47. The average Bonchev–Trinajstić information content (AvgIpc) is 2.29. The highest BCUT2D eigenvalue weighted by Gasteiger charge is 2.42. The van der Waals surface area contributed by atoms with Crippen molar-refractivity contribution in [1.82, 2.24) is 0 Å². The first-order chi connectivity index (χ1) is 6.02. The fraction of sp³-hybridized carbons (Fsp3) is 0.714. The van der Waals surface area contributed by atoms with Gasteiger partial charge in [-0.25, -0.2) is 4.79 Å². The van der Waals surface area contributed by atoms with Gasteiger partial charge in [-0.05, 0) is 0 Å². The Balaban J connectivity index is 2.44. The van der Waals surface area contributed by atoms with Gasteiger partial charge in [-0.15, -0.1) is 0 Å². The molecule has 0 spiro atoms. The molecule has 0 aromatic heterocycles. The third-order valence-electron chi connectivity index (χ3n) is 1.66. The maximum atomic E-state index is 10.7. The summed E-state index contributed by atoms with van der Waals surface area (Å²) in [6, 6.07) is 0. The largest absolute Gasteiger partial charge is 0.457 e. The second kappa shape index (κ2) is 4.08. The Kier molecular flexibility index (Phi) is 3.29. The van der Waals surface area contributed by atoms with E-state index in [4.69, 9.17) is 5.11 Å². The van der Waals surface area contributed by atoms with Crippen LogP contribution in [0.5, 0.6) is 0 Å². The van der Waals surface area contributed by atoms with E-state index in [2.05, 4.69) is 4.74 Å². The molecule has 0 aromatic carbocycles. The molecule has 0 aliphatic carbocycles. The first-order valence-corrected chi connectivity index (χ1v) is 4.71. The quantitative estimate of drug-likeness (QED) is 0.559. The van der Waals surface area contributed by atoms with Crippen LogP contribution in [-0.4, -0.2) is 45.4 Å². The lowest BCUT2D eigenvalue weighted by Crippen LogP contribution is -2.32. The van der Waals surface area contributed by atoms with Gasteiger partial charge < -0.3 is 14.9 Å². The number of cyclic esters (lactones) is 1. The van der Waals surface area contributed by atoms with E-state index >= 15 is 0 Å². The molecule has 13 heavy (non-hydrogen) atoms. The van der Waals surface area contributed by atoms with Crippen LogP contribution in [0.15, 0.2) is 0 Å². The number of ether oxygens (including phenoxy) is 1. The molecule has 0 aromatic rings. The molecule has 0 radical (unpaired) electrons. The van der Waals surface area contributed by atoms with Gasteiger partial charge in [0.1, 0.15) is 12.2 Å². The highest BCUT2D eigenvalue weighted by atomic mass is 32.2. The average molecular weight is 206 g/mol. The molecule has 0 unspecified atom stereocenters. The normalized spacial score (nSPS) is 33.2. The van der Waals surface area contributed by atoms with E-state index in [0.29, 0.717) is 0 Å². The van der Waals surface area contributed by atoms with E-state index in [9.17, 15) is 14.7 Å². The predicted molar refractivity (Wildman–Crippen MR) is 45.0 cm³/mol. The first kappa shape index (κ1) is 10.5. The third kappa shape index (κ3) is 2.43. The molecule has 2 N–H and O–H groups in total. The van der Waals surface area contributed by atoms with Crippen molar-refractivity contribution in [3.63, 3.8) is 0 Å². The Morgan fingerprint density at radius 3 is 2.62 bits per heavy atom. The van der Waals surface area contributed by atoms with Gasteiger partial charge in [0, 0.05) is 12.7 Å². The molecule has 0 saturated carbocycles. The van der Waals surface area contributed by atoms with Crippen LogP contribution in [0, 0.1) is 0 Å². The van der Waals surface area contributed by atoms with Crippen LogP contribution in [0.3, 0.4) is 0 Å². The first-order valence-electron chi connectivity index (χ1n) is 3.72. The van der Waals surface area contributed by atoms with Gasteiger partial charge in [-0.2, -0.15) is 0 Å². The summed E-state index contributed by atoms with van der Waals surface area (Å²) in [5.41, 5.74) is 0. The van der Waals surface area contributed by atoms with Crippen LogP contribution in [0.2, 0.25) is 0 Å². The molecule has 1 saturated heterocycles. The number of carbonyl (C=O) groups excluding carboxylic acids is 2. The number of carbonyl (C=O) groups is 2. The summed E-state index contributed by atoms with van der Waals surface area (Å²) in [5.74, 6) is -0.652. The van der Waals surface area contributed by atoms with Crippen LogP contribution in [0.4, 0.5) is 0 Å². The van der Waals surface area contributed by atoms with E-state index < -0.39 is 24.3 Å². The summed E-state index contributed by atoms with van der Waals surface area (Å²) in [4.78, 5) is 21.3. The fourth-order valence-corrected chi connectivity index (χ4v) is 1.63. The van der Waals surface area contributed by atoms with Crippen LogP contribution in [0.25, 0.3) is 0 Å². The second-order valence-corrected chi connectivity index (χ2v) is 3.91. The number of hydrogen-bond acceptors (Lipinski definition) is 6.